The highest BCUT2D eigenvalue weighted by Gasteiger charge is 2.24. The number of hydrogen-bond acceptors (Lipinski definition) is 4. The molecule has 0 amide bonds. The first-order valence-corrected chi connectivity index (χ1v) is 8.19. The Hall–Kier alpha value is -2.00. The van der Waals surface area contributed by atoms with Crippen LogP contribution in [0.15, 0.2) is 52.3 Å². The van der Waals surface area contributed by atoms with Gasteiger partial charge in [-0.1, -0.05) is 35.3 Å². The first-order chi connectivity index (χ1) is 10.3. The number of sulfone groups is 1. The number of rotatable bonds is 3. The number of phenols is 1. The lowest BCUT2D eigenvalue weighted by atomic mass is 10.2. The van der Waals surface area contributed by atoms with Gasteiger partial charge >= 0.3 is 0 Å². The van der Waals surface area contributed by atoms with E-state index in [9.17, 15) is 18.8 Å². The van der Waals surface area contributed by atoms with Gasteiger partial charge in [0.1, 0.15) is 16.7 Å². The van der Waals surface area contributed by atoms with E-state index in [0.717, 1.165) is 0 Å². The molecule has 112 valence electrons. The summed E-state index contributed by atoms with van der Waals surface area (Å²) in [6, 6.07) is 11.4. The minimum Gasteiger partial charge on any atom is -0.508 e. The molecule has 0 fully saturated rings. The van der Waals surface area contributed by atoms with Crippen LogP contribution in [-0.2, 0) is 9.84 Å². The maximum atomic E-state index is 12.5. The third kappa shape index (κ3) is 3.42. The van der Waals surface area contributed by atoms with E-state index in [1.807, 2.05) is 0 Å². The molecule has 1 N–H and O–H groups in total. The van der Waals surface area contributed by atoms with Crippen molar-refractivity contribution in [1.82, 2.24) is 0 Å². The van der Waals surface area contributed by atoms with E-state index in [-0.39, 0.29) is 20.7 Å². The monoisotopic (exact) mass is 353 g/mol. The smallest absolute Gasteiger partial charge is 0.218 e. The van der Waals surface area contributed by atoms with Crippen LogP contribution in [0.5, 0.6) is 5.75 Å². The van der Waals surface area contributed by atoms with Crippen molar-refractivity contribution in [2.75, 3.05) is 0 Å². The molecule has 2 rings (SSSR count). The molecule has 0 aromatic heterocycles. The molecule has 2 aromatic rings. The molecule has 0 unspecified atom stereocenters. The van der Waals surface area contributed by atoms with Gasteiger partial charge in [-0.15, -0.1) is 0 Å². The van der Waals surface area contributed by atoms with Crippen molar-refractivity contribution < 1.29 is 13.5 Å². The van der Waals surface area contributed by atoms with Crippen molar-refractivity contribution in [1.29, 1.82) is 5.26 Å². The molecule has 0 radical (unpaired) electrons. The Morgan fingerprint density at radius 2 is 1.77 bits per heavy atom. The molecule has 0 aliphatic rings. The van der Waals surface area contributed by atoms with E-state index >= 15 is 0 Å². The standard InChI is InChI=1S/C15H9Cl2NO3S/c16-11-3-6-14(17)15(8-11)22(20,21)13(9-18)7-10-1-4-12(19)5-2-10/h1-8,19H. The van der Waals surface area contributed by atoms with Crippen LogP contribution in [0.1, 0.15) is 5.56 Å². The summed E-state index contributed by atoms with van der Waals surface area (Å²) < 4.78 is 25.0. The van der Waals surface area contributed by atoms with Gasteiger partial charge in [0, 0.05) is 5.02 Å². The fraction of sp³-hybridized carbons (Fsp3) is 0. The summed E-state index contributed by atoms with van der Waals surface area (Å²) in [7, 11) is -4.09. The van der Waals surface area contributed by atoms with Crippen molar-refractivity contribution in [2.45, 2.75) is 4.90 Å². The largest absolute Gasteiger partial charge is 0.508 e. The maximum Gasteiger partial charge on any atom is 0.218 e. The number of phenolic OH excluding ortho intramolecular Hbond substituents is 1. The second-order valence-corrected chi connectivity index (χ2v) is 7.02. The van der Waals surface area contributed by atoms with Gasteiger partial charge in [0.25, 0.3) is 0 Å². The van der Waals surface area contributed by atoms with Crippen LogP contribution in [0, 0.1) is 11.3 Å². The van der Waals surface area contributed by atoms with Gasteiger partial charge in [-0.25, -0.2) is 8.42 Å². The number of hydrogen-bond donors (Lipinski definition) is 1. The SMILES string of the molecule is N#CC(=Cc1ccc(O)cc1)S(=O)(=O)c1cc(Cl)ccc1Cl. The second kappa shape index (κ2) is 6.41. The molecule has 0 saturated carbocycles. The van der Waals surface area contributed by atoms with Crippen LogP contribution in [0.3, 0.4) is 0 Å². The van der Waals surface area contributed by atoms with Crippen LogP contribution in [0.25, 0.3) is 6.08 Å². The average molecular weight is 354 g/mol. The third-order valence-corrected chi connectivity index (χ3v) is 5.16. The number of nitrogens with zero attached hydrogens (tertiary/aromatic N) is 1. The molecule has 0 saturated heterocycles. The van der Waals surface area contributed by atoms with Crippen molar-refractivity contribution in [3.8, 4) is 11.8 Å². The lowest BCUT2D eigenvalue weighted by Crippen LogP contribution is -2.04. The predicted molar refractivity (Wildman–Crippen MR) is 85.3 cm³/mol. The highest BCUT2D eigenvalue weighted by atomic mass is 35.5. The Labute approximate surface area is 137 Å². The Morgan fingerprint density at radius 3 is 2.36 bits per heavy atom. The lowest BCUT2D eigenvalue weighted by Gasteiger charge is -2.06. The summed E-state index contributed by atoms with van der Waals surface area (Å²) in [6.07, 6.45) is 1.20. The van der Waals surface area contributed by atoms with Crippen molar-refractivity contribution in [2.24, 2.45) is 0 Å². The quantitative estimate of drug-likeness (QED) is 0.844. The molecular formula is C15H9Cl2NO3S. The minimum atomic E-state index is -4.09. The van der Waals surface area contributed by atoms with Gasteiger partial charge in [0.15, 0.2) is 0 Å². The van der Waals surface area contributed by atoms with Gasteiger partial charge in [-0.2, -0.15) is 5.26 Å². The maximum absolute atomic E-state index is 12.5. The fourth-order valence-corrected chi connectivity index (χ4v) is 3.61. The van der Waals surface area contributed by atoms with E-state index in [1.54, 1.807) is 6.07 Å². The molecule has 4 nitrogen and oxygen atoms in total. The topological polar surface area (TPSA) is 78.2 Å². The predicted octanol–water partition coefficient (Wildman–Crippen LogP) is 4.04. The zero-order valence-electron chi connectivity index (χ0n) is 11.0. The van der Waals surface area contributed by atoms with E-state index in [0.29, 0.717) is 5.56 Å². The fourth-order valence-electron chi connectivity index (χ4n) is 1.69. The highest BCUT2D eigenvalue weighted by molar-refractivity contribution is 7.95. The van der Waals surface area contributed by atoms with Crippen LogP contribution >= 0.6 is 23.2 Å². The van der Waals surface area contributed by atoms with Gasteiger partial charge in [-0.05, 0) is 42.0 Å². The first kappa shape index (κ1) is 16.4. The molecule has 2 aromatic carbocycles. The minimum absolute atomic E-state index is 0.0174. The Bertz CT molecular complexity index is 882. The van der Waals surface area contributed by atoms with Crippen LogP contribution in [-0.4, -0.2) is 13.5 Å². The Kier molecular flexibility index (Phi) is 4.77. The van der Waals surface area contributed by atoms with E-state index in [2.05, 4.69) is 0 Å². The van der Waals surface area contributed by atoms with Gasteiger partial charge in [-0.3, -0.25) is 0 Å². The molecular weight excluding hydrogens is 345 g/mol. The lowest BCUT2D eigenvalue weighted by molar-refractivity contribution is 0.475. The van der Waals surface area contributed by atoms with Crippen molar-refractivity contribution in [3.05, 3.63) is 63.0 Å². The van der Waals surface area contributed by atoms with Crippen LogP contribution in [0.2, 0.25) is 10.0 Å². The van der Waals surface area contributed by atoms with Crippen LogP contribution < -0.4 is 0 Å². The summed E-state index contributed by atoms with van der Waals surface area (Å²) in [5, 5.41) is 18.6. The highest BCUT2D eigenvalue weighted by Crippen LogP contribution is 2.30. The molecule has 0 atom stereocenters. The molecule has 0 bridgehead atoms. The van der Waals surface area contributed by atoms with Gasteiger partial charge in [0.05, 0.1) is 9.92 Å². The van der Waals surface area contributed by atoms with Gasteiger partial charge < -0.3 is 5.11 Å². The Balaban J connectivity index is 2.57. The van der Waals surface area contributed by atoms with Crippen LogP contribution in [0.4, 0.5) is 0 Å². The molecule has 22 heavy (non-hydrogen) atoms. The number of benzene rings is 2. The Morgan fingerprint density at radius 1 is 1.14 bits per heavy atom. The number of halogens is 2. The summed E-state index contributed by atoms with van der Waals surface area (Å²) in [6.45, 7) is 0. The zero-order chi connectivity index (χ0) is 16.3. The molecule has 0 heterocycles. The van der Waals surface area contributed by atoms with Crippen molar-refractivity contribution >= 4 is 39.1 Å². The number of aromatic hydroxyl groups is 1. The van der Waals surface area contributed by atoms with E-state index in [4.69, 9.17) is 23.2 Å². The normalized spacial score (nSPS) is 12.0. The van der Waals surface area contributed by atoms with Crippen molar-refractivity contribution in [3.63, 3.8) is 0 Å². The molecule has 0 aliphatic heterocycles. The number of nitriles is 1. The molecule has 7 heteroatoms. The second-order valence-electron chi connectivity index (χ2n) is 4.29. The summed E-state index contributed by atoms with van der Waals surface area (Å²) in [4.78, 5) is -0.699. The molecule has 0 aliphatic carbocycles. The number of allylic oxidation sites excluding steroid dienone is 1. The van der Waals surface area contributed by atoms with E-state index in [1.165, 1.54) is 48.5 Å². The van der Waals surface area contributed by atoms with E-state index < -0.39 is 14.7 Å². The molecule has 0 spiro atoms. The average Bonchev–Trinajstić information content (AvgIpc) is 2.48. The summed E-state index contributed by atoms with van der Waals surface area (Å²) in [5.74, 6) is 0.0383. The first-order valence-electron chi connectivity index (χ1n) is 5.95. The summed E-state index contributed by atoms with van der Waals surface area (Å²) >= 11 is 11.7. The summed E-state index contributed by atoms with van der Waals surface area (Å²) in [5.41, 5.74) is 0.455. The zero-order valence-corrected chi connectivity index (χ0v) is 13.3. The third-order valence-electron chi connectivity index (χ3n) is 2.77. The van der Waals surface area contributed by atoms with Gasteiger partial charge in [0.2, 0.25) is 9.84 Å².